The van der Waals surface area contributed by atoms with Crippen molar-refractivity contribution in [3.05, 3.63) is 60.2 Å². The first-order chi connectivity index (χ1) is 14.9. The Morgan fingerprint density at radius 3 is 2.48 bits per heavy atom. The number of carbonyl (C=O) groups is 1. The summed E-state index contributed by atoms with van der Waals surface area (Å²) in [5.74, 6) is 0.984. The number of hydrogen-bond acceptors (Lipinski definition) is 6. The Hall–Kier alpha value is -2.91. The molecular formula is C22H26N4O4S. The number of fused-ring (bicyclic) bond motifs is 1. The maximum Gasteiger partial charge on any atom is 0.263 e. The normalized spacial score (nSPS) is 20.2. The van der Waals surface area contributed by atoms with Gasteiger partial charge in [-0.3, -0.25) is 19.4 Å². The predicted octanol–water partition coefficient (Wildman–Crippen LogP) is 1.34. The molecule has 0 aliphatic carbocycles. The van der Waals surface area contributed by atoms with Crippen LogP contribution in [0.25, 0.3) is 0 Å². The van der Waals surface area contributed by atoms with Crippen molar-refractivity contribution in [3.63, 3.8) is 0 Å². The minimum atomic E-state index is -3.61. The maximum atomic E-state index is 12.9. The molecule has 2 aliphatic heterocycles. The highest BCUT2D eigenvalue weighted by molar-refractivity contribution is 7.90. The molecule has 0 aromatic heterocycles. The number of nitrogens with zero attached hydrogens (tertiary/aromatic N) is 3. The van der Waals surface area contributed by atoms with Gasteiger partial charge in [-0.15, -0.1) is 0 Å². The lowest BCUT2D eigenvalue weighted by molar-refractivity contribution is -0.133. The lowest BCUT2D eigenvalue weighted by Gasteiger charge is -2.35. The van der Waals surface area contributed by atoms with Gasteiger partial charge in [0, 0.05) is 38.3 Å². The fourth-order valence-corrected chi connectivity index (χ4v) is 4.98. The molecule has 0 unspecified atom stereocenters. The van der Waals surface area contributed by atoms with E-state index in [4.69, 9.17) is 4.74 Å². The molecule has 2 aromatic rings. The van der Waals surface area contributed by atoms with Crippen molar-refractivity contribution in [3.8, 4) is 5.75 Å². The zero-order chi connectivity index (χ0) is 21.8. The third-order valence-corrected chi connectivity index (χ3v) is 6.84. The van der Waals surface area contributed by atoms with E-state index in [1.54, 1.807) is 30.0 Å². The fourth-order valence-electron chi connectivity index (χ4n) is 3.74. The predicted molar refractivity (Wildman–Crippen MR) is 118 cm³/mol. The van der Waals surface area contributed by atoms with Crippen LogP contribution in [-0.4, -0.2) is 75.3 Å². The van der Waals surface area contributed by atoms with Gasteiger partial charge in [-0.2, -0.15) is 0 Å². The molecule has 2 aliphatic rings. The molecule has 1 saturated heterocycles. The summed E-state index contributed by atoms with van der Waals surface area (Å²) in [5, 5.41) is 0. The molecule has 2 aromatic carbocycles. The van der Waals surface area contributed by atoms with Gasteiger partial charge < -0.3 is 9.64 Å². The molecule has 1 N–H and O–H groups in total. The summed E-state index contributed by atoms with van der Waals surface area (Å²) in [7, 11) is -3.61. The number of ether oxygens (including phenoxy) is 1. The van der Waals surface area contributed by atoms with Crippen molar-refractivity contribution in [2.24, 2.45) is 4.99 Å². The second-order valence-corrected chi connectivity index (χ2v) is 9.23. The molecule has 1 atom stereocenters. The summed E-state index contributed by atoms with van der Waals surface area (Å²) < 4.78 is 32.7. The van der Waals surface area contributed by atoms with E-state index in [0.717, 1.165) is 25.4 Å². The summed E-state index contributed by atoms with van der Waals surface area (Å²) in [6, 6.07) is 15.7. The van der Waals surface area contributed by atoms with Crippen LogP contribution >= 0.6 is 0 Å². The van der Waals surface area contributed by atoms with Crippen LogP contribution in [0.2, 0.25) is 0 Å². The van der Waals surface area contributed by atoms with Crippen molar-refractivity contribution in [2.45, 2.75) is 17.9 Å². The number of hydrogen-bond donors (Lipinski definition) is 1. The fraction of sp³-hybridized carbons (Fsp3) is 0.364. The zero-order valence-electron chi connectivity index (χ0n) is 17.4. The first-order valence-corrected chi connectivity index (χ1v) is 11.8. The summed E-state index contributed by atoms with van der Waals surface area (Å²) in [4.78, 5) is 21.5. The van der Waals surface area contributed by atoms with Crippen LogP contribution in [0.1, 0.15) is 12.5 Å². The summed E-state index contributed by atoms with van der Waals surface area (Å²) in [5.41, 5.74) is 0.505. The van der Waals surface area contributed by atoms with Gasteiger partial charge in [0.15, 0.2) is 0 Å². The molecule has 2 heterocycles. The van der Waals surface area contributed by atoms with Gasteiger partial charge in [0.25, 0.3) is 10.0 Å². The van der Waals surface area contributed by atoms with Crippen molar-refractivity contribution < 1.29 is 17.9 Å². The first kappa shape index (κ1) is 21.3. The second kappa shape index (κ2) is 9.07. The number of aliphatic imine (C=N–C) groups is 1. The molecule has 0 saturated carbocycles. The molecule has 0 bridgehead atoms. The highest BCUT2D eigenvalue weighted by atomic mass is 32.2. The Bertz CT molecular complexity index is 1060. The zero-order valence-corrected chi connectivity index (χ0v) is 18.2. The summed E-state index contributed by atoms with van der Waals surface area (Å²) in [6.45, 7) is 5.86. The average Bonchev–Trinajstić information content (AvgIpc) is 3.04. The van der Waals surface area contributed by atoms with Crippen LogP contribution in [0.3, 0.4) is 0 Å². The molecule has 164 valence electrons. The van der Waals surface area contributed by atoms with Crippen LogP contribution in [-0.2, 0) is 14.8 Å². The van der Waals surface area contributed by atoms with Gasteiger partial charge in [0.2, 0.25) is 5.91 Å². The molecule has 8 nitrogen and oxygen atoms in total. The van der Waals surface area contributed by atoms with E-state index < -0.39 is 16.1 Å². The third kappa shape index (κ3) is 4.88. The van der Waals surface area contributed by atoms with Crippen molar-refractivity contribution in [2.75, 3.05) is 39.3 Å². The van der Waals surface area contributed by atoms with Gasteiger partial charge in [0.05, 0.1) is 4.90 Å². The van der Waals surface area contributed by atoms with Crippen molar-refractivity contribution >= 4 is 21.8 Å². The Balaban J connectivity index is 1.29. The molecule has 31 heavy (non-hydrogen) atoms. The smallest absolute Gasteiger partial charge is 0.263 e. The molecule has 0 radical (unpaired) electrons. The first-order valence-electron chi connectivity index (χ1n) is 10.3. The summed E-state index contributed by atoms with van der Waals surface area (Å²) in [6.07, 6.45) is 0. The monoisotopic (exact) mass is 442 g/mol. The number of sulfonamides is 1. The number of amidine groups is 1. The molecule has 4 rings (SSSR count). The van der Waals surface area contributed by atoms with Gasteiger partial charge in [-0.25, -0.2) is 8.42 Å². The van der Waals surface area contributed by atoms with Gasteiger partial charge in [0.1, 0.15) is 24.2 Å². The van der Waals surface area contributed by atoms with E-state index >= 15 is 0 Å². The number of piperazine rings is 1. The van der Waals surface area contributed by atoms with E-state index in [1.165, 1.54) is 6.07 Å². The SMILES string of the molecule is C[C@H](N=C1NS(=O)(=O)c2ccccc21)C(=O)N1CCN(CCOc2ccccc2)CC1. The molecular weight excluding hydrogens is 416 g/mol. The van der Waals surface area contributed by atoms with Crippen LogP contribution in [0.4, 0.5) is 0 Å². The quantitative estimate of drug-likeness (QED) is 0.729. The van der Waals surface area contributed by atoms with Gasteiger partial charge in [-0.05, 0) is 31.2 Å². The summed E-state index contributed by atoms with van der Waals surface area (Å²) >= 11 is 0. The number of benzene rings is 2. The van der Waals surface area contributed by atoms with Crippen LogP contribution in [0, 0.1) is 0 Å². The van der Waals surface area contributed by atoms with Crippen molar-refractivity contribution in [1.29, 1.82) is 0 Å². The topological polar surface area (TPSA) is 91.3 Å². The minimum Gasteiger partial charge on any atom is -0.492 e. The van der Waals surface area contributed by atoms with E-state index in [0.29, 0.717) is 25.3 Å². The van der Waals surface area contributed by atoms with Crippen LogP contribution < -0.4 is 9.46 Å². The largest absolute Gasteiger partial charge is 0.492 e. The van der Waals surface area contributed by atoms with E-state index in [2.05, 4.69) is 14.6 Å². The van der Waals surface area contributed by atoms with Crippen LogP contribution in [0.15, 0.2) is 64.5 Å². The number of nitrogens with one attached hydrogen (secondary N) is 1. The van der Waals surface area contributed by atoms with E-state index in [1.807, 2.05) is 30.3 Å². The highest BCUT2D eigenvalue weighted by Crippen LogP contribution is 2.22. The lowest BCUT2D eigenvalue weighted by Crippen LogP contribution is -2.51. The number of carbonyl (C=O) groups excluding carboxylic acids is 1. The molecule has 1 fully saturated rings. The Morgan fingerprint density at radius 2 is 1.74 bits per heavy atom. The Kier molecular flexibility index (Phi) is 6.24. The lowest BCUT2D eigenvalue weighted by atomic mass is 10.2. The van der Waals surface area contributed by atoms with Gasteiger partial charge >= 0.3 is 0 Å². The minimum absolute atomic E-state index is 0.101. The average molecular weight is 443 g/mol. The Morgan fingerprint density at radius 1 is 1.06 bits per heavy atom. The molecule has 9 heteroatoms. The molecule has 1 amide bonds. The van der Waals surface area contributed by atoms with E-state index in [-0.39, 0.29) is 16.6 Å². The standard InChI is InChI=1S/C22H26N4O4S/c1-17(23-21-19-9-5-6-10-20(19)31(28,29)24-21)22(27)26-13-11-25(12-14-26)15-16-30-18-7-3-2-4-8-18/h2-10,17H,11-16H2,1H3,(H,23,24)/t17-/m0/s1. The van der Waals surface area contributed by atoms with Crippen molar-refractivity contribution in [1.82, 2.24) is 14.5 Å². The third-order valence-electron chi connectivity index (χ3n) is 5.45. The molecule has 0 spiro atoms. The van der Waals surface area contributed by atoms with E-state index in [9.17, 15) is 13.2 Å². The van der Waals surface area contributed by atoms with Crippen LogP contribution in [0.5, 0.6) is 5.75 Å². The Labute approximate surface area is 182 Å². The maximum absolute atomic E-state index is 12.9. The second-order valence-electron chi connectivity index (χ2n) is 7.58. The number of rotatable bonds is 6. The number of amides is 1. The highest BCUT2D eigenvalue weighted by Gasteiger charge is 2.32. The number of para-hydroxylation sites is 1. The van der Waals surface area contributed by atoms with Gasteiger partial charge in [-0.1, -0.05) is 30.3 Å².